The molecule has 2 fully saturated rings. The summed E-state index contributed by atoms with van der Waals surface area (Å²) in [6.07, 6.45) is 11.0. The quantitative estimate of drug-likeness (QED) is 0.593. The number of hydrogen-bond acceptors (Lipinski definition) is 3. The van der Waals surface area contributed by atoms with E-state index in [2.05, 4.69) is 11.2 Å². The highest BCUT2D eigenvalue weighted by Crippen LogP contribution is 2.33. The van der Waals surface area contributed by atoms with Crippen LogP contribution in [0.4, 0.5) is 0 Å². The SMILES string of the molecule is C#CCN(CC#N)C(=O)C1CC2CCCCC2N1. The van der Waals surface area contributed by atoms with Gasteiger partial charge in [-0.1, -0.05) is 18.8 Å². The molecule has 96 valence electrons. The molecule has 3 unspecified atom stereocenters. The van der Waals surface area contributed by atoms with E-state index in [0.717, 1.165) is 6.42 Å². The summed E-state index contributed by atoms with van der Waals surface area (Å²) < 4.78 is 0. The summed E-state index contributed by atoms with van der Waals surface area (Å²) >= 11 is 0. The number of carbonyl (C=O) groups is 1. The predicted octanol–water partition coefficient (Wildman–Crippen LogP) is 0.892. The van der Waals surface area contributed by atoms with Gasteiger partial charge >= 0.3 is 0 Å². The van der Waals surface area contributed by atoms with Gasteiger partial charge in [-0.3, -0.25) is 4.79 Å². The minimum Gasteiger partial charge on any atom is -0.317 e. The largest absolute Gasteiger partial charge is 0.317 e. The topological polar surface area (TPSA) is 56.1 Å². The van der Waals surface area contributed by atoms with E-state index in [1.165, 1.54) is 30.6 Å². The highest BCUT2D eigenvalue weighted by Gasteiger charge is 2.39. The summed E-state index contributed by atoms with van der Waals surface area (Å²) in [5.74, 6) is 3.06. The third kappa shape index (κ3) is 2.66. The Hall–Kier alpha value is -1.52. The molecule has 0 radical (unpaired) electrons. The normalized spacial score (nSPS) is 30.0. The third-order valence-electron chi connectivity index (χ3n) is 4.02. The molecule has 2 rings (SSSR count). The van der Waals surface area contributed by atoms with Crippen LogP contribution in [0.5, 0.6) is 0 Å². The molecule has 1 amide bonds. The van der Waals surface area contributed by atoms with Gasteiger partial charge in [0, 0.05) is 6.04 Å². The number of amides is 1. The van der Waals surface area contributed by atoms with Gasteiger partial charge in [-0.25, -0.2) is 0 Å². The molecule has 1 aliphatic carbocycles. The minimum absolute atomic E-state index is 0.0103. The Morgan fingerprint density at radius 3 is 2.83 bits per heavy atom. The molecule has 0 aromatic heterocycles. The van der Waals surface area contributed by atoms with Crippen LogP contribution < -0.4 is 5.32 Å². The highest BCUT2D eigenvalue weighted by molar-refractivity contribution is 5.82. The Labute approximate surface area is 108 Å². The smallest absolute Gasteiger partial charge is 0.241 e. The predicted molar refractivity (Wildman–Crippen MR) is 68.3 cm³/mol. The zero-order chi connectivity index (χ0) is 13.0. The fourth-order valence-electron chi connectivity index (χ4n) is 3.14. The molecule has 0 bridgehead atoms. The van der Waals surface area contributed by atoms with Crippen LogP contribution in [0, 0.1) is 29.6 Å². The highest BCUT2D eigenvalue weighted by atomic mass is 16.2. The maximum atomic E-state index is 12.3. The van der Waals surface area contributed by atoms with Crippen molar-refractivity contribution in [2.45, 2.75) is 44.2 Å². The lowest BCUT2D eigenvalue weighted by molar-refractivity contribution is -0.132. The number of fused-ring (bicyclic) bond motifs is 1. The van der Waals surface area contributed by atoms with E-state index < -0.39 is 0 Å². The van der Waals surface area contributed by atoms with Gasteiger partial charge in [0.15, 0.2) is 0 Å². The fraction of sp³-hybridized carbons (Fsp3) is 0.714. The van der Waals surface area contributed by atoms with Crippen molar-refractivity contribution in [3.63, 3.8) is 0 Å². The Kier molecular flexibility index (Phi) is 4.23. The van der Waals surface area contributed by atoms with E-state index in [-0.39, 0.29) is 25.0 Å². The molecular formula is C14H19N3O. The summed E-state index contributed by atoms with van der Waals surface area (Å²) in [6, 6.07) is 2.35. The van der Waals surface area contributed by atoms with E-state index >= 15 is 0 Å². The molecule has 1 N–H and O–H groups in total. The standard InChI is InChI=1S/C14H19N3O/c1-2-8-17(9-7-15)14(18)13-10-11-5-3-4-6-12(11)16-13/h1,11-13,16H,3-6,8-10H2. The van der Waals surface area contributed by atoms with Crippen LogP contribution in [-0.2, 0) is 4.79 Å². The van der Waals surface area contributed by atoms with Gasteiger partial charge in [0.25, 0.3) is 0 Å². The van der Waals surface area contributed by atoms with Crippen LogP contribution in [0.15, 0.2) is 0 Å². The molecule has 1 saturated carbocycles. The summed E-state index contributed by atoms with van der Waals surface area (Å²) in [5.41, 5.74) is 0. The second-order valence-electron chi connectivity index (χ2n) is 5.16. The van der Waals surface area contributed by atoms with Crippen molar-refractivity contribution in [2.24, 2.45) is 5.92 Å². The first-order valence-electron chi connectivity index (χ1n) is 6.61. The zero-order valence-corrected chi connectivity index (χ0v) is 10.6. The van der Waals surface area contributed by atoms with Crippen molar-refractivity contribution in [2.75, 3.05) is 13.1 Å². The number of carbonyl (C=O) groups excluding carboxylic acids is 1. The lowest BCUT2D eigenvalue weighted by Gasteiger charge is -2.24. The number of rotatable bonds is 3. The fourth-order valence-corrected chi connectivity index (χ4v) is 3.14. The first-order valence-corrected chi connectivity index (χ1v) is 6.61. The van der Waals surface area contributed by atoms with Gasteiger partial charge in [-0.2, -0.15) is 5.26 Å². The summed E-state index contributed by atoms with van der Waals surface area (Å²) in [4.78, 5) is 13.8. The monoisotopic (exact) mass is 245 g/mol. The van der Waals surface area contributed by atoms with Crippen LogP contribution >= 0.6 is 0 Å². The molecular weight excluding hydrogens is 226 g/mol. The third-order valence-corrected chi connectivity index (χ3v) is 4.02. The van der Waals surface area contributed by atoms with E-state index in [1.54, 1.807) is 0 Å². The average Bonchev–Trinajstić information content (AvgIpc) is 2.81. The Morgan fingerprint density at radius 2 is 2.17 bits per heavy atom. The van der Waals surface area contributed by atoms with Crippen LogP contribution in [0.1, 0.15) is 32.1 Å². The molecule has 4 heteroatoms. The number of nitrogens with zero attached hydrogens (tertiary/aromatic N) is 2. The summed E-state index contributed by atoms with van der Waals surface area (Å²) in [6.45, 7) is 0.302. The maximum Gasteiger partial charge on any atom is 0.241 e. The first kappa shape index (κ1) is 12.9. The molecule has 0 aromatic rings. The van der Waals surface area contributed by atoms with Gasteiger partial charge in [0.05, 0.1) is 18.7 Å². The lowest BCUT2D eigenvalue weighted by atomic mass is 9.85. The molecule has 4 nitrogen and oxygen atoms in total. The molecule has 18 heavy (non-hydrogen) atoms. The number of nitrogens with one attached hydrogen (secondary N) is 1. The van der Waals surface area contributed by atoms with Gasteiger partial charge in [-0.15, -0.1) is 6.42 Å². The van der Waals surface area contributed by atoms with Gasteiger partial charge < -0.3 is 10.2 Å². The van der Waals surface area contributed by atoms with Crippen molar-refractivity contribution in [3.05, 3.63) is 0 Å². The Balaban J connectivity index is 1.97. The first-order chi connectivity index (χ1) is 8.76. The van der Waals surface area contributed by atoms with Crippen molar-refractivity contribution in [1.29, 1.82) is 5.26 Å². The molecule has 0 aromatic carbocycles. The van der Waals surface area contributed by atoms with Crippen molar-refractivity contribution in [1.82, 2.24) is 10.2 Å². The molecule has 2 aliphatic rings. The number of hydrogen-bond donors (Lipinski definition) is 1. The molecule has 1 aliphatic heterocycles. The number of nitriles is 1. The van der Waals surface area contributed by atoms with Crippen LogP contribution in [0.25, 0.3) is 0 Å². The van der Waals surface area contributed by atoms with Crippen molar-refractivity contribution in [3.8, 4) is 18.4 Å². The van der Waals surface area contributed by atoms with E-state index in [1.807, 2.05) is 6.07 Å². The van der Waals surface area contributed by atoms with Gasteiger partial charge in [0.2, 0.25) is 5.91 Å². The lowest BCUT2D eigenvalue weighted by Crippen LogP contribution is -2.45. The van der Waals surface area contributed by atoms with Crippen LogP contribution in [-0.4, -0.2) is 36.0 Å². The summed E-state index contributed by atoms with van der Waals surface area (Å²) in [5, 5.41) is 12.1. The summed E-state index contributed by atoms with van der Waals surface area (Å²) in [7, 11) is 0. The maximum absolute atomic E-state index is 12.3. The number of terminal acetylenes is 1. The second-order valence-corrected chi connectivity index (χ2v) is 5.16. The van der Waals surface area contributed by atoms with E-state index in [0.29, 0.717) is 12.0 Å². The molecule has 1 heterocycles. The molecule has 3 atom stereocenters. The Morgan fingerprint density at radius 1 is 1.39 bits per heavy atom. The molecule has 0 spiro atoms. The van der Waals surface area contributed by atoms with Crippen molar-refractivity contribution < 1.29 is 4.79 Å². The second kappa shape index (κ2) is 5.89. The minimum atomic E-state index is -0.139. The molecule has 1 saturated heterocycles. The van der Waals surface area contributed by atoms with Crippen molar-refractivity contribution >= 4 is 5.91 Å². The van der Waals surface area contributed by atoms with E-state index in [9.17, 15) is 4.79 Å². The van der Waals surface area contributed by atoms with Crippen LogP contribution in [0.3, 0.4) is 0 Å². The average molecular weight is 245 g/mol. The van der Waals surface area contributed by atoms with Gasteiger partial charge in [-0.05, 0) is 25.2 Å². The van der Waals surface area contributed by atoms with Crippen LogP contribution in [0.2, 0.25) is 0 Å². The zero-order valence-electron chi connectivity index (χ0n) is 10.6. The van der Waals surface area contributed by atoms with Gasteiger partial charge in [0.1, 0.15) is 6.54 Å². The Bertz CT molecular complexity index is 363. The van der Waals surface area contributed by atoms with E-state index in [4.69, 9.17) is 11.7 Å².